The van der Waals surface area contributed by atoms with E-state index in [9.17, 15) is 8.78 Å². The first-order valence-corrected chi connectivity index (χ1v) is 15.2. The molecule has 0 N–H and O–H groups in total. The van der Waals surface area contributed by atoms with Gasteiger partial charge in [-0.1, -0.05) is 72.8 Å². The summed E-state index contributed by atoms with van der Waals surface area (Å²) in [4.78, 5) is 0. The molecule has 0 aliphatic rings. The van der Waals surface area contributed by atoms with Crippen LogP contribution < -0.4 is 0 Å². The fraction of sp³-hybridized carbons (Fsp3) is 0. The van der Waals surface area contributed by atoms with Crippen LogP contribution in [0.2, 0.25) is 0 Å². The SMILES string of the molecule is Fc1ccc(-c2nnc(-c3ccc(-c4ccc(-c5ccc(-c6ccc(-c7nnc(-c8ccc(F)cc8)o7)cc6)cc5)cc4)cc3)o2)cc1. The summed E-state index contributed by atoms with van der Waals surface area (Å²) in [7, 11) is 0. The number of halogens is 2. The lowest BCUT2D eigenvalue weighted by atomic mass is 9.97. The third-order valence-corrected chi connectivity index (χ3v) is 8.07. The zero-order valence-electron chi connectivity index (χ0n) is 25.2. The minimum absolute atomic E-state index is 0.317. The van der Waals surface area contributed by atoms with Crippen LogP contribution in [0.4, 0.5) is 8.78 Å². The summed E-state index contributed by atoms with van der Waals surface area (Å²) >= 11 is 0. The van der Waals surface area contributed by atoms with Gasteiger partial charge in [0.25, 0.3) is 0 Å². The quantitative estimate of drug-likeness (QED) is 0.174. The van der Waals surface area contributed by atoms with Crippen LogP contribution in [0.5, 0.6) is 0 Å². The second-order valence-corrected chi connectivity index (χ2v) is 11.1. The first-order chi connectivity index (χ1) is 23.6. The average Bonchev–Trinajstić information content (AvgIpc) is 3.84. The van der Waals surface area contributed by atoms with Gasteiger partial charge in [0.15, 0.2) is 0 Å². The van der Waals surface area contributed by atoms with Crippen LogP contribution in [-0.4, -0.2) is 20.4 Å². The number of hydrogen-bond acceptors (Lipinski definition) is 6. The van der Waals surface area contributed by atoms with Crippen LogP contribution in [-0.2, 0) is 0 Å². The lowest BCUT2D eigenvalue weighted by Crippen LogP contribution is -1.83. The van der Waals surface area contributed by atoms with Crippen molar-refractivity contribution < 1.29 is 17.6 Å². The van der Waals surface area contributed by atoms with Crippen molar-refractivity contribution in [1.82, 2.24) is 20.4 Å². The van der Waals surface area contributed by atoms with Gasteiger partial charge in [-0.15, -0.1) is 20.4 Å². The minimum atomic E-state index is -0.317. The molecule has 0 atom stereocenters. The molecule has 0 saturated heterocycles. The summed E-state index contributed by atoms with van der Waals surface area (Å²) < 4.78 is 38.1. The topological polar surface area (TPSA) is 77.8 Å². The van der Waals surface area contributed by atoms with E-state index in [-0.39, 0.29) is 11.6 Å². The van der Waals surface area contributed by atoms with E-state index in [1.54, 1.807) is 24.3 Å². The highest BCUT2D eigenvalue weighted by Crippen LogP contribution is 2.31. The summed E-state index contributed by atoms with van der Waals surface area (Å²) in [6.07, 6.45) is 0. The van der Waals surface area contributed by atoms with Crippen LogP contribution >= 0.6 is 0 Å². The van der Waals surface area contributed by atoms with E-state index < -0.39 is 0 Å². The maximum absolute atomic E-state index is 13.2. The van der Waals surface area contributed by atoms with Crippen molar-refractivity contribution in [2.45, 2.75) is 0 Å². The van der Waals surface area contributed by atoms with Crippen molar-refractivity contribution in [3.63, 3.8) is 0 Å². The molecule has 48 heavy (non-hydrogen) atoms. The first-order valence-electron chi connectivity index (χ1n) is 15.2. The summed E-state index contributed by atoms with van der Waals surface area (Å²) in [5, 5.41) is 16.5. The monoisotopic (exact) mass is 630 g/mol. The van der Waals surface area contributed by atoms with Crippen molar-refractivity contribution in [1.29, 1.82) is 0 Å². The van der Waals surface area contributed by atoms with E-state index in [4.69, 9.17) is 8.83 Å². The van der Waals surface area contributed by atoms with Gasteiger partial charge in [0.05, 0.1) is 0 Å². The van der Waals surface area contributed by atoms with Gasteiger partial charge in [-0.25, -0.2) is 8.78 Å². The third kappa shape index (κ3) is 5.90. The predicted octanol–water partition coefficient (Wildman–Crippen LogP) is 10.4. The van der Waals surface area contributed by atoms with Gasteiger partial charge in [-0.2, -0.15) is 0 Å². The van der Waals surface area contributed by atoms with Crippen LogP contribution in [0.25, 0.3) is 79.2 Å². The first kappa shape index (κ1) is 28.9. The maximum Gasteiger partial charge on any atom is 0.248 e. The Morgan fingerprint density at radius 3 is 0.625 bits per heavy atom. The molecule has 230 valence electrons. The smallest absolute Gasteiger partial charge is 0.248 e. The van der Waals surface area contributed by atoms with Crippen LogP contribution in [0.1, 0.15) is 0 Å². The number of aromatic nitrogens is 4. The van der Waals surface area contributed by atoms with Crippen molar-refractivity contribution in [3.05, 3.63) is 157 Å². The van der Waals surface area contributed by atoms with Crippen molar-refractivity contribution in [3.8, 4) is 79.2 Å². The molecule has 0 fully saturated rings. The molecule has 0 aliphatic heterocycles. The van der Waals surface area contributed by atoms with E-state index in [1.165, 1.54) is 24.3 Å². The molecular formula is C40H24F2N4O2. The molecule has 0 spiro atoms. The highest BCUT2D eigenvalue weighted by molar-refractivity contribution is 5.75. The van der Waals surface area contributed by atoms with Crippen LogP contribution in [0.15, 0.2) is 154 Å². The molecule has 8 heteroatoms. The zero-order chi connectivity index (χ0) is 32.5. The second kappa shape index (κ2) is 12.3. The Labute approximate surface area is 274 Å². The fourth-order valence-electron chi connectivity index (χ4n) is 5.42. The van der Waals surface area contributed by atoms with E-state index in [0.717, 1.165) is 44.5 Å². The van der Waals surface area contributed by atoms with Crippen LogP contribution in [0.3, 0.4) is 0 Å². The van der Waals surface area contributed by atoms with Crippen molar-refractivity contribution in [2.75, 3.05) is 0 Å². The molecule has 0 aliphatic carbocycles. The van der Waals surface area contributed by atoms with Gasteiger partial charge in [-0.3, -0.25) is 0 Å². The Morgan fingerprint density at radius 2 is 0.417 bits per heavy atom. The molecule has 0 saturated carbocycles. The lowest BCUT2D eigenvalue weighted by molar-refractivity contribution is 0.583. The normalized spacial score (nSPS) is 11.1. The van der Waals surface area contributed by atoms with E-state index in [1.807, 2.05) is 48.5 Å². The maximum atomic E-state index is 13.2. The average molecular weight is 631 g/mol. The third-order valence-electron chi connectivity index (χ3n) is 8.07. The summed E-state index contributed by atoms with van der Waals surface area (Å²) in [5.41, 5.74) is 9.47. The molecule has 2 aromatic heterocycles. The van der Waals surface area contributed by atoms with Gasteiger partial charge in [0, 0.05) is 22.3 Å². The number of nitrogens with zero attached hydrogens (tertiary/aromatic N) is 4. The van der Waals surface area contributed by atoms with Gasteiger partial charge < -0.3 is 8.83 Å². The molecule has 0 bridgehead atoms. The molecule has 0 amide bonds. The van der Waals surface area contributed by atoms with E-state index in [2.05, 4.69) is 68.9 Å². The Hall–Kier alpha value is -6.54. The lowest BCUT2D eigenvalue weighted by Gasteiger charge is -2.08. The predicted molar refractivity (Wildman–Crippen MR) is 180 cm³/mol. The van der Waals surface area contributed by atoms with E-state index in [0.29, 0.717) is 34.7 Å². The largest absolute Gasteiger partial charge is 0.416 e. The van der Waals surface area contributed by atoms with Gasteiger partial charge in [0.2, 0.25) is 23.6 Å². The van der Waals surface area contributed by atoms with E-state index >= 15 is 0 Å². The van der Waals surface area contributed by atoms with Crippen molar-refractivity contribution in [2.24, 2.45) is 0 Å². The minimum Gasteiger partial charge on any atom is -0.416 e. The number of rotatable bonds is 7. The Morgan fingerprint density at radius 1 is 0.250 bits per heavy atom. The van der Waals surface area contributed by atoms with Crippen molar-refractivity contribution >= 4 is 0 Å². The molecule has 8 aromatic rings. The molecule has 6 aromatic carbocycles. The Balaban J connectivity index is 0.927. The molecule has 6 nitrogen and oxygen atoms in total. The summed E-state index contributed by atoms with van der Waals surface area (Å²) in [6, 6.07) is 44.7. The second-order valence-electron chi connectivity index (χ2n) is 11.1. The van der Waals surface area contributed by atoms with Gasteiger partial charge in [0.1, 0.15) is 11.6 Å². The highest BCUT2D eigenvalue weighted by Gasteiger charge is 2.13. The molecule has 2 heterocycles. The van der Waals surface area contributed by atoms with Gasteiger partial charge >= 0.3 is 0 Å². The molecule has 0 unspecified atom stereocenters. The number of hydrogen-bond donors (Lipinski definition) is 0. The molecular weight excluding hydrogens is 606 g/mol. The Kier molecular flexibility index (Phi) is 7.43. The number of benzene rings is 6. The fourth-order valence-corrected chi connectivity index (χ4v) is 5.42. The summed E-state index contributed by atoms with van der Waals surface area (Å²) in [6.45, 7) is 0. The highest BCUT2D eigenvalue weighted by atomic mass is 19.1. The van der Waals surface area contributed by atoms with Crippen LogP contribution in [0, 0.1) is 11.6 Å². The zero-order valence-corrected chi connectivity index (χ0v) is 25.2. The molecule has 0 radical (unpaired) electrons. The summed E-state index contributed by atoms with van der Waals surface area (Å²) in [5.74, 6) is 0.855. The van der Waals surface area contributed by atoms with Gasteiger partial charge in [-0.05, 0) is 106 Å². The Bertz CT molecular complexity index is 2140. The molecule has 8 rings (SSSR count). The standard InChI is InChI=1S/C40H24F2N4O2/c41-35-21-17-33(18-22-35)39-45-43-37(47-39)31-13-9-29(10-14-31)27-5-1-25(2-6-27)26-3-7-28(8-4-26)30-11-15-32(16-12-30)38-44-46-40(48-38)34-19-23-36(42)24-20-34/h1-24H.